The van der Waals surface area contributed by atoms with Gasteiger partial charge in [0.1, 0.15) is 5.02 Å². The molecule has 194 valence electrons. The Morgan fingerprint density at radius 2 is 1.51 bits per heavy atom. The van der Waals surface area contributed by atoms with Gasteiger partial charge in [0.05, 0.1) is 17.2 Å². The van der Waals surface area contributed by atoms with Crippen LogP contribution in [0.3, 0.4) is 0 Å². The number of aromatic amines is 1. The average Bonchev–Trinajstić information content (AvgIpc) is 3.34. The van der Waals surface area contributed by atoms with Gasteiger partial charge in [0.2, 0.25) is 0 Å². The van der Waals surface area contributed by atoms with Gasteiger partial charge in [0, 0.05) is 11.0 Å². The molecule has 0 aliphatic carbocycles. The van der Waals surface area contributed by atoms with Crippen LogP contribution in [-0.2, 0) is 21.0 Å². The number of nitrogens with one attached hydrogen (secondary N) is 1. The molecule has 3 rings (SSSR count). The third kappa shape index (κ3) is 7.81. The molecule has 1 aromatic carbocycles. The molecule has 0 atom stereocenters. The molecule has 0 aliphatic heterocycles. The Morgan fingerprint density at radius 3 is 2.11 bits per heavy atom. The highest BCUT2D eigenvalue weighted by molar-refractivity contribution is 7.90. The summed E-state index contributed by atoms with van der Waals surface area (Å²) in [5.74, 6) is 0.796. The SMILES string of the molecule is CCCCCCCCCCCCS(=O)(=O)Cc1ccccc1-c1nn2nc(C(C)(C)C)c(Cl)c2[nH]1. The lowest BCUT2D eigenvalue weighted by Gasteiger charge is -2.14. The Balaban J connectivity index is 1.57. The largest absolute Gasteiger partial charge is 0.320 e. The minimum absolute atomic E-state index is 0.00455. The first kappa shape index (κ1) is 27.7. The van der Waals surface area contributed by atoms with Crippen molar-refractivity contribution in [1.29, 1.82) is 0 Å². The second kappa shape index (κ2) is 12.4. The molecule has 0 unspecified atom stereocenters. The average molecular weight is 521 g/mol. The number of aromatic nitrogens is 4. The molecular formula is C27H41ClN4O2S. The molecule has 2 aromatic heterocycles. The van der Waals surface area contributed by atoms with Gasteiger partial charge in [-0.25, -0.2) is 8.42 Å². The molecule has 0 fully saturated rings. The van der Waals surface area contributed by atoms with Crippen molar-refractivity contribution in [3.8, 4) is 11.4 Å². The van der Waals surface area contributed by atoms with Crippen LogP contribution >= 0.6 is 11.6 Å². The first-order valence-corrected chi connectivity index (χ1v) is 15.3. The van der Waals surface area contributed by atoms with Crippen molar-refractivity contribution in [3.63, 3.8) is 0 Å². The Labute approximate surface area is 215 Å². The normalized spacial score (nSPS) is 12.6. The summed E-state index contributed by atoms with van der Waals surface area (Å²) in [6.45, 7) is 8.39. The topological polar surface area (TPSA) is 80.1 Å². The van der Waals surface area contributed by atoms with Crippen LogP contribution in [0.15, 0.2) is 24.3 Å². The third-order valence-corrected chi connectivity index (χ3v) is 8.43. The van der Waals surface area contributed by atoms with E-state index in [2.05, 4.69) is 42.9 Å². The van der Waals surface area contributed by atoms with Crippen LogP contribution in [0, 0.1) is 0 Å². The monoisotopic (exact) mass is 520 g/mol. The van der Waals surface area contributed by atoms with E-state index in [0.717, 1.165) is 36.1 Å². The summed E-state index contributed by atoms with van der Waals surface area (Å²) in [4.78, 5) is 3.25. The van der Waals surface area contributed by atoms with Crippen LogP contribution < -0.4 is 0 Å². The van der Waals surface area contributed by atoms with Crippen molar-refractivity contribution in [2.75, 3.05) is 5.75 Å². The van der Waals surface area contributed by atoms with Crippen molar-refractivity contribution < 1.29 is 8.42 Å². The lowest BCUT2D eigenvalue weighted by atomic mass is 9.92. The summed E-state index contributed by atoms with van der Waals surface area (Å²) in [5.41, 5.74) is 2.69. The summed E-state index contributed by atoms with van der Waals surface area (Å²) in [6, 6.07) is 7.51. The number of rotatable bonds is 14. The fourth-order valence-electron chi connectivity index (χ4n) is 4.39. The summed E-state index contributed by atoms with van der Waals surface area (Å²) < 4.78 is 27.3. The lowest BCUT2D eigenvalue weighted by Crippen LogP contribution is -2.13. The Hall–Kier alpha value is -1.86. The van der Waals surface area contributed by atoms with Gasteiger partial charge in [0.25, 0.3) is 0 Å². The van der Waals surface area contributed by atoms with Crippen LogP contribution in [0.1, 0.15) is 103 Å². The molecule has 8 heteroatoms. The highest BCUT2D eigenvalue weighted by Crippen LogP contribution is 2.32. The number of H-pyrrole nitrogens is 1. The number of hydrogen-bond acceptors (Lipinski definition) is 4. The summed E-state index contributed by atoms with van der Waals surface area (Å²) in [6.07, 6.45) is 11.9. The van der Waals surface area contributed by atoms with E-state index in [1.807, 2.05) is 24.3 Å². The quantitative estimate of drug-likeness (QED) is 0.223. The predicted molar refractivity (Wildman–Crippen MR) is 146 cm³/mol. The van der Waals surface area contributed by atoms with E-state index >= 15 is 0 Å². The molecule has 0 aliphatic rings. The van der Waals surface area contributed by atoms with Crippen LogP contribution in [-0.4, -0.2) is 34.0 Å². The molecule has 2 heterocycles. The minimum Gasteiger partial charge on any atom is -0.320 e. The van der Waals surface area contributed by atoms with Gasteiger partial charge in [-0.1, -0.05) is 121 Å². The van der Waals surface area contributed by atoms with E-state index in [-0.39, 0.29) is 16.9 Å². The zero-order valence-electron chi connectivity index (χ0n) is 21.7. The van der Waals surface area contributed by atoms with Crippen LogP contribution in [0.25, 0.3) is 17.0 Å². The second-order valence-corrected chi connectivity index (χ2v) is 13.2. The van der Waals surface area contributed by atoms with E-state index < -0.39 is 9.84 Å². The first-order chi connectivity index (χ1) is 16.6. The standard InChI is InChI=1S/C27H41ClN4O2S/c1-5-6-7-8-9-10-11-12-13-16-19-35(33,34)20-21-17-14-15-18-22(21)25-29-26-23(28)24(27(2,3)4)30-32(26)31-25/h14-15,17-18H,5-13,16,19-20H2,1-4H3,(H,29,31). The molecule has 0 spiro atoms. The molecule has 6 nitrogen and oxygen atoms in total. The first-order valence-electron chi connectivity index (χ1n) is 13.1. The molecule has 0 saturated heterocycles. The summed E-state index contributed by atoms with van der Waals surface area (Å²) in [5, 5.41) is 9.66. The number of hydrogen-bond donors (Lipinski definition) is 1. The molecule has 35 heavy (non-hydrogen) atoms. The van der Waals surface area contributed by atoms with Crippen molar-refractivity contribution in [2.24, 2.45) is 0 Å². The third-order valence-electron chi connectivity index (χ3n) is 6.41. The predicted octanol–water partition coefficient (Wildman–Crippen LogP) is 7.51. The molecule has 0 amide bonds. The van der Waals surface area contributed by atoms with Gasteiger partial charge < -0.3 is 4.98 Å². The Kier molecular flexibility index (Phi) is 9.82. The van der Waals surface area contributed by atoms with E-state index in [9.17, 15) is 8.42 Å². The molecule has 1 N–H and O–H groups in total. The van der Waals surface area contributed by atoms with Crippen molar-refractivity contribution >= 4 is 27.1 Å². The fourth-order valence-corrected chi connectivity index (χ4v) is 6.35. The molecule has 0 saturated carbocycles. The zero-order chi connectivity index (χ0) is 25.5. The molecule has 0 radical (unpaired) electrons. The van der Waals surface area contributed by atoms with E-state index in [1.54, 1.807) is 0 Å². The summed E-state index contributed by atoms with van der Waals surface area (Å²) >= 11 is 6.57. The fraction of sp³-hybridized carbons (Fsp3) is 0.630. The number of benzene rings is 1. The maximum absolute atomic E-state index is 12.9. The second-order valence-electron chi connectivity index (χ2n) is 10.7. The Morgan fingerprint density at radius 1 is 0.914 bits per heavy atom. The summed E-state index contributed by atoms with van der Waals surface area (Å²) in [7, 11) is -3.21. The highest BCUT2D eigenvalue weighted by Gasteiger charge is 2.26. The van der Waals surface area contributed by atoms with Gasteiger partial charge in [-0.15, -0.1) is 9.73 Å². The number of sulfone groups is 1. The molecular weight excluding hydrogens is 480 g/mol. The van der Waals surface area contributed by atoms with Gasteiger partial charge in [-0.2, -0.15) is 5.10 Å². The zero-order valence-corrected chi connectivity index (χ0v) is 23.3. The van der Waals surface area contributed by atoms with E-state index in [0.29, 0.717) is 16.5 Å². The maximum Gasteiger partial charge on any atom is 0.175 e. The minimum atomic E-state index is -3.21. The highest BCUT2D eigenvalue weighted by atomic mass is 35.5. The van der Waals surface area contributed by atoms with Gasteiger partial charge >= 0.3 is 0 Å². The smallest absolute Gasteiger partial charge is 0.175 e. The van der Waals surface area contributed by atoms with Gasteiger partial charge in [-0.3, -0.25) is 0 Å². The van der Waals surface area contributed by atoms with Crippen LogP contribution in [0.5, 0.6) is 0 Å². The van der Waals surface area contributed by atoms with Gasteiger partial charge in [0.15, 0.2) is 21.3 Å². The van der Waals surface area contributed by atoms with Crippen LogP contribution in [0.4, 0.5) is 0 Å². The van der Waals surface area contributed by atoms with Gasteiger partial charge in [-0.05, 0) is 12.0 Å². The molecule has 0 bridgehead atoms. The lowest BCUT2D eigenvalue weighted by molar-refractivity contribution is 0.557. The number of fused-ring (bicyclic) bond motifs is 1. The maximum atomic E-state index is 12.9. The Bertz CT molecular complexity index is 1190. The van der Waals surface area contributed by atoms with E-state index in [1.165, 1.54) is 49.6 Å². The van der Waals surface area contributed by atoms with E-state index in [4.69, 9.17) is 11.6 Å². The van der Waals surface area contributed by atoms with Crippen molar-refractivity contribution in [2.45, 2.75) is 103 Å². The van der Waals surface area contributed by atoms with Crippen LogP contribution in [0.2, 0.25) is 5.02 Å². The number of unbranched alkanes of at least 4 members (excludes halogenated alkanes) is 9. The van der Waals surface area contributed by atoms with Crippen molar-refractivity contribution in [3.05, 3.63) is 40.5 Å². The number of nitrogens with zero attached hydrogens (tertiary/aromatic N) is 3. The number of halogens is 1. The van der Waals surface area contributed by atoms with Crippen molar-refractivity contribution in [1.82, 2.24) is 19.8 Å². The molecule has 3 aromatic rings.